The van der Waals surface area contributed by atoms with Gasteiger partial charge in [0.1, 0.15) is 22.5 Å². The van der Waals surface area contributed by atoms with Crippen LogP contribution in [0.1, 0.15) is 11.5 Å². The van der Waals surface area contributed by atoms with Crippen molar-refractivity contribution in [3.8, 4) is 17.6 Å². The van der Waals surface area contributed by atoms with E-state index in [1.54, 1.807) is 12.5 Å². The topological polar surface area (TPSA) is 106 Å². The minimum absolute atomic E-state index is 0.264. The van der Waals surface area contributed by atoms with Crippen LogP contribution in [0.15, 0.2) is 69.8 Å². The lowest BCUT2D eigenvalue weighted by atomic mass is 10.3. The van der Waals surface area contributed by atoms with Crippen LogP contribution in [0.4, 0.5) is 0 Å². The molecule has 0 N–H and O–H groups in total. The smallest absolute Gasteiger partial charge is 0.198 e. The molecule has 0 saturated heterocycles. The maximum absolute atomic E-state index is 8.83. The zero-order chi connectivity index (χ0) is 17.8. The van der Waals surface area contributed by atoms with Gasteiger partial charge in [-0.25, -0.2) is 9.97 Å². The first-order valence-electron chi connectivity index (χ1n) is 7.60. The third-order valence-corrected chi connectivity index (χ3v) is 4.35. The number of nitriles is 1. The Morgan fingerprint density at radius 3 is 2.73 bits per heavy atom. The predicted molar refractivity (Wildman–Crippen MR) is 91.9 cm³/mol. The highest BCUT2D eigenvalue weighted by Crippen LogP contribution is 2.28. The predicted octanol–water partition coefficient (Wildman–Crippen LogP) is 2.79. The molecule has 26 heavy (non-hydrogen) atoms. The van der Waals surface area contributed by atoms with Gasteiger partial charge in [0.15, 0.2) is 16.7 Å². The van der Waals surface area contributed by atoms with Gasteiger partial charge >= 0.3 is 0 Å². The molecule has 0 aliphatic rings. The standard InChI is InChI=1S/C17H11N7OS/c18-8-12-9-21-15(10-20-12)26-17-23-22-16(14-5-1-2-6-19-14)24(17)11-13-4-3-7-25-13/h1-7,9-10H,11H2. The zero-order valence-electron chi connectivity index (χ0n) is 13.4. The first kappa shape index (κ1) is 16.0. The number of hydrogen-bond acceptors (Lipinski definition) is 8. The number of rotatable bonds is 5. The van der Waals surface area contributed by atoms with Gasteiger partial charge in [0.25, 0.3) is 0 Å². The summed E-state index contributed by atoms with van der Waals surface area (Å²) in [5.41, 5.74) is 0.977. The molecule has 126 valence electrons. The molecule has 0 aromatic carbocycles. The van der Waals surface area contributed by atoms with Crippen LogP contribution in [0.2, 0.25) is 0 Å². The van der Waals surface area contributed by atoms with E-state index >= 15 is 0 Å². The fourth-order valence-electron chi connectivity index (χ4n) is 2.27. The Kier molecular flexibility index (Phi) is 4.40. The van der Waals surface area contributed by atoms with Crippen LogP contribution >= 0.6 is 11.8 Å². The molecule has 0 saturated carbocycles. The molecule has 0 spiro atoms. The maximum Gasteiger partial charge on any atom is 0.198 e. The Balaban J connectivity index is 1.71. The Morgan fingerprint density at radius 1 is 1.08 bits per heavy atom. The molecule has 0 aliphatic heterocycles. The molecule has 4 aromatic heterocycles. The summed E-state index contributed by atoms with van der Waals surface area (Å²) in [6.07, 6.45) is 6.30. The van der Waals surface area contributed by atoms with Crippen LogP contribution in [-0.4, -0.2) is 29.7 Å². The fourth-order valence-corrected chi connectivity index (χ4v) is 3.01. The number of hydrogen-bond donors (Lipinski definition) is 0. The van der Waals surface area contributed by atoms with Crippen LogP contribution in [0.3, 0.4) is 0 Å². The summed E-state index contributed by atoms with van der Waals surface area (Å²) >= 11 is 1.31. The molecule has 0 atom stereocenters. The lowest BCUT2D eigenvalue weighted by Crippen LogP contribution is -2.04. The maximum atomic E-state index is 8.83. The highest BCUT2D eigenvalue weighted by molar-refractivity contribution is 7.99. The highest BCUT2D eigenvalue weighted by Gasteiger charge is 2.17. The minimum Gasteiger partial charge on any atom is -0.467 e. The minimum atomic E-state index is 0.264. The molecule has 0 amide bonds. The van der Waals surface area contributed by atoms with Crippen molar-refractivity contribution in [1.29, 1.82) is 5.26 Å². The third-order valence-electron chi connectivity index (χ3n) is 3.44. The molecule has 0 aliphatic carbocycles. The van der Waals surface area contributed by atoms with Crippen molar-refractivity contribution in [2.24, 2.45) is 0 Å². The molecule has 8 nitrogen and oxygen atoms in total. The monoisotopic (exact) mass is 361 g/mol. The lowest BCUT2D eigenvalue weighted by Gasteiger charge is -2.08. The molecule has 4 rings (SSSR count). The molecular weight excluding hydrogens is 350 g/mol. The molecule has 0 unspecified atom stereocenters. The van der Waals surface area contributed by atoms with Crippen molar-refractivity contribution in [2.45, 2.75) is 16.7 Å². The van der Waals surface area contributed by atoms with Crippen molar-refractivity contribution in [3.05, 3.63) is 66.6 Å². The van der Waals surface area contributed by atoms with Gasteiger partial charge in [0, 0.05) is 6.20 Å². The number of nitrogens with zero attached hydrogens (tertiary/aromatic N) is 7. The number of aromatic nitrogens is 6. The van der Waals surface area contributed by atoms with Gasteiger partial charge in [-0.3, -0.25) is 9.55 Å². The van der Waals surface area contributed by atoms with Gasteiger partial charge in [-0.15, -0.1) is 10.2 Å². The normalized spacial score (nSPS) is 10.6. The summed E-state index contributed by atoms with van der Waals surface area (Å²) in [6, 6.07) is 11.3. The van der Waals surface area contributed by atoms with Crippen molar-refractivity contribution >= 4 is 11.8 Å². The Hall–Kier alpha value is -3.51. The third kappa shape index (κ3) is 3.31. The summed E-state index contributed by atoms with van der Waals surface area (Å²) in [5.74, 6) is 1.40. The summed E-state index contributed by atoms with van der Waals surface area (Å²) < 4.78 is 7.37. The van der Waals surface area contributed by atoms with E-state index in [-0.39, 0.29) is 5.69 Å². The number of furan rings is 1. The highest BCUT2D eigenvalue weighted by atomic mass is 32.2. The molecule has 4 heterocycles. The van der Waals surface area contributed by atoms with E-state index in [0.29, 0.717) is 28.2 Å². The van der Waals surface area contributed by atoms with E-state index in [0.717, 1.165) is 5.76 Å². The van der Waals surface area contributed by atoms with E-state index in [4.69, 9.17) is 9.68 Å². The molecule has 0 radical (unpaired) electrons. The largest absolute Gasteiger partial charge is 0.467 e. The molecule has 0 bridgehead atoms. The van der Waals surface area contributed by atoms with E-state index in [1.165, 1.54) is 24.2 Å². The summed E-state index contributed by atoms with van der Waals surface area (Å²) in [7, 11) is 0. The molecule has 4 aromatic rings. The van der Waals surface area contributed by atoms with Crippen molar-refractivity contribution in [2.75, 3.05) is 0 Å². The van der Waals surface area contributed by atoms with E-state index in [9.17, 15) is 0 Å². The van der Waals surface area contributed by atoms with Crippen LogP contribution in [-0.2, 0) is 6.54 Å². The average Bonchev–Trinajstić information content (AvgIpc) is 3.34. The SMILES string of the molecule is N#Cc1cnc(Sc2nnc(-c3ccccn3)n2Cc2ccco2)cn1. The van der Waals surface area contributed by atoms with Crippen molar-refractivity contribution in [1.82, 2.24) is 29.7 Å². The van der Waals surface area contributed by atoms with E-state index in [1.807, 2.05) is 41.0 Å². The van der Waals surface area contributed by atoms with Gasteiger partial charge in [0.05, 0.1) is 25.2 Å². The summed E-state index contributed by atoms with van der Waals surface area (Å²) in [5, 5.41) is 18.6. The summed E-state index contributed by atoms with van der Waals surface area (Å²) in [6.45, 7) is 0.456. The van der Waals surface area contributed by atoms with E-state index < -0.39 is 0 Å². The molecule has 9 heteroatoms. The fraction of sp³-hybridized carbons (Fsp3) is 0.0588. The number of pyridine rings is 1. The first-order chi connectivity index (χ1) is 12.8. The summed E-state index contributed by atoms with van der Waals surface area (Å²) in [4.78, 5) is 12.6. The van der Waals surface area contributed by atoms with Gasteiger partial charge in [0.2, 0.25) is 0 Å². The molecular formula is C17H11N7OS. The Bertz CT molecular complexity index is 1040. The second-order valence-corrected chi connectivity index (χ2v) is 6.13. The van der Waals surface area contributed by atoms with Crippen LogP contribution < -0.4 is 0 Å². The van der Waals surface area contributed by atoms with Gasteiger partial charge in [-0.05, 0) is 36.0 Å². The first-order valence-corrected chi connectivity index (χ1v) is 8.42. The van der Waals surface area contributed by atoms with Gasteiger partial charge in [-0.2, -0.15) is 5.26 Å². The zero-order valence-corrected chi connectivity index (χ0v) is 14.2. The van der Waals surface area contributed by atoms with Crippen molar-refractivity contribution in [3.63, 3.8) is 0 Å². The Morgan fingerprint density at radius 2 is 2.04 bits per heavy atom. The van der Waals surface area contributed by atoms with Crippen LogP contribution in [0, 0.1) is 11.3 Å². The average molecular weight is 361 g/mol. The van der Waals surface area contributed by atoms with Crippen LogP contribution in [0.25, 0.3) is 11.5 Å². The van der Waals surface area contributed by atoms with Gasteiger partial charge in [-0.1, -0.05) is 6.07 Å². The van der Waals surface area contributed by atoms with E-state index in [2.05, 4.69) is 25.1 Å². The van der Waals surface area contributed by atoms with Crippen molar-refractivity contribution < 1.29 is 4.42 Å². The second kappa shape index (κ2) is 7.16. The quantitative estimate of drug-likeness (QED) is 0.534. The lowest BCUT2D eigenvalue weighted by molar-refractivity contribution is 0.485. The van der Waals surface area contributed by atoms with Gasteiger partial charge < -0.3 is 4.42 Å². The molecule has 0 fully saturated rings. The van der Waals surface area contributed by atoms with Crippen LogP contribution in [0.5, 0.6) is 0 Å². The Labute approximate surface area is 152 Å². The second-order valence-electron chi connectivity index (χ2n) is 5.14.